The zero-order chi connectivity index (χ0) is 29.9. The maximum atomic E-state index is 12.6. The van der Waals surface area contributed by atoms with Crippen molar-refractivity contribution in [2.45, 2.75) is 53.5 Å². The van der Waals surface area contributed by atoms with E-state index in [0.717, 1.165) is 63.9 Å². The second-order valence-corrected chi connectivity index (χ2v) is 10.2. The molecule has 2 N–H and O–H groups in total. The fourth-order valence-electron chi connectivity index (χ4n) is 4.87. The van der Waals surface area contributed by atoms with Crippen LogP contribution in [0.4, 0.5) is 0 Å². The van der Waals surface area contributed by atoms with E-state index >= 15 is 0 Å². The van der Waals surface area contributed by atoms with Crippen molar-refractivity contribution in [3.8, 4) is 11.5 Å². The van der Waals surface area contributed by atoms with Crippen molar-refractivity contribution in [1.29, 1.82) is 0 Å². The Morgan fingerprint density at radius 2 is 1.69 bits per heavy atom. The highest BCUT2D eigenvalue weighted by molar-refractivity contribution is 5.97. The molecule has 0 spiro atoms. The van der Waals surface area contributed by atoms with Gasteiger partial charge in [0.05, 0.1) is 11.8 Å². The standard InChI is InChI=1S/C37H39NO4/c1-5-7-13-26(3)36(33(37(39)40)24-30(12-6-2)34-18-11-23-41-34)27(4)38-25-28-19-21-31(22-20-28)42-35-17-10-15-29-14-8-9-16-32(29)35/h8-24,38H,5-7,25H2,1-4H3,(H,39,40)/b26-13-,30-12-,33-24+,36-27+. The monoisotopic (exact) mass is 561 g/mol. The van der Waals surface area contributed by atoms with Gasteiger partial charge in [0.2, 0.25) is 0 Å². The fraction of sp³-hybridized carbons (Fsp3) is 0.216. The minimum atomic E-state index is -0.987. The van der Waals surface area contributed by atoms with Gasteiger partial charge in [-0.25, -0.2) is 4.79 Å². The van der Waals surface area contributed by atoms with Crippen molar-refractivity contribution in [2.75, 3.05) is 0 Å². The third-order valence-corrected chi connectivity index (χ3v) is 7.00. The van der Waals surface area contributed by atoms with Crippen molar-refractivity contribution in [3.63, 3.8) is 0 Å². The summed E-state index contributed by atoms with van der Waals surface area (Å²) in [6.07, 6.45) is 9.99. The number of carboxylic acid groups (broad SMARTS) is 1. The van der Waals surface area contributed by atoms with E-state index in [-0.39, 0.29) is 5.57 Å². The molecule has 0 fully saturated rings. The van der Waals surface area contributed by atoms with Gasteiger partial charge < -0.3 is 19.6 Å². The van der Waals surface area contributed by atoms with Crippen LogP contribution >= 0.6 is 0 Å². The van der Waals surface area contributed by atoms with E-state index in [1.165, 1.54) is 0 Å². The molecule has 4 aromatic rings. The van der Waals surface area contributed by atoms with Crippen LogP contribution in [0.5, 0.6) is 11.5 Å². The quantitative estimate of drug-likeness (QED) is 0.126. The first-order valence-corrected chi connectivity index (χ1v) is 14.5. The normalized spacial score (nSPS) is 13.2. The van der Waals surface area contributed by atoms with Crippen LogP contribution in [-0.4, -0.2) is 11.1 Å². The number of unbranched alkanes of at least 4 members (excludes halogenated alkanes) is 1. The van der Waals surface area contributed by atoms with Gasteiger partial charge in [0.15, 0.2) is 0 Å². The lowest BCUT2D eigenvalue weighted by Gasteiger charge is -2.17. The minimum Gasteiger partial charge on any atom is -0.478 e. The number of fused-ring (bicyclic) bond motifs is 1. The largest absolute Gasteiger partial charge is 0.478 e. The van der Waals surface area contributed by atoms with Crippen LogP contribution in [0.3, 0.4) is 0 Å². The first-order valence-electron chi connectivity index (χ1n) is 14.5. The molecule has 0 radical (unpaired) electrons. The number of ether oxygens (including phenoxy) is 1. The van der Waals surface area contributed by atoms with Gasteiger partial charge in [-0.15, -0.1) is 0 Å². The van der Waals surface area contributed by atoms with Gasteiger partial charge >= 0.3 is 5.97 Å². The van der Waals surface area contributed by atoms with E-state index < -0.39 is 5.97 Å². The lowest BCUT2D eigenvalue weighted by Crippen LogP contribution is -2.17. The first kappa shape index (κ1) is 30.2. The van der Waals surface area contributed by atoms with Crippen LogP contribution in [0.15, 0.2) is 130 Å². The van der Waals surface area contributed by atoms with E-state index in [1.807, 2.05) is 81.4 Å². The summed E-state index contributed by atoms with van der Waals surface area (Å²) in [5.74, 6) is 1.22. The molecule has 0 aliphatic carbocycles. The summed E-state index contributed by atoms with van der Waals surface area (Å²) in [6, 6.07) is 25.8. The van der Waals surface area contributed by atoms with Crippen LogP contribution in [0, 0.1) is 0 Å². The Morgan fingerprint density at radius 1 is 0.929 bits per heavy atom. The first-order chi connectivity index (χ1) is 20.4. The van der Waals surface area contributed by atoms with Crippen LogP contribution in [0.1, 0.15) is 58.3 Å². The molecule has 4 rings (SSSR count). The molecule has 0 saturated carbocycles. The Balaban J connectivity index is 1.59. The number of aliphatic carboxylic acids is 1. The molecule has 0 saturated heterocycles. The van der Waals surface area contributed by atoms with Crippen molar-refractivity contribution >= 4 is 22.3 Å². The van der Waals surface area contributed by atoms with Gasteiger partial charge in [-0.2, -0.15) is 0 Å². The lowest BCUT2D eigenvalue weighted by molar-refractivity contribution is -0.132. The van der Waals surface area contributed by atoms with E-state index in [1.54, 1.807) is 18.4 Å². The predicted octanol–water partition coefficient (Wildman–Crippen LogP) is 9.84. The minimum absolute atomic E-state index is 0.222. The molecular weight excluding hydrogens is 522 g/mol. The highest BCUT2D eigenvalue weighted by atomic mass is 16.5. The van der Waals surface area contributed by atoms with Crippen LogP contribution in [-0.2, 0) is 11.3 Å². The number of benzene rings is 3. The van der Waals surface area contributed by atoms with Crippen LogP contribution in [0.2, 0.25) is 0 Å². The molecule has 0 atom stereocenters. The number of furan rings is 1. The summed E-state index contributed by atoms with van der Waals surface area (Å²) in [7, 11) is 0. The molecule has 0 bridgehead atoms. The summed E-state index contributed by atoms with van der Waals surface area (Å²) in [4.78, 5) is 12.6. The summed E-state index contributed by atoms with van der Waals surface area (Å²) in [5.41, 5.74) is 4.41. The average Bonchev–Trinajstić information content (AvgIpc) is 3.54. The van der Waals surface area contributed by atoms with Gasteiger partial charge in [-0.05, 0) is 79.6 Å². The van der Waals surface area contributed by atoms with Crippen molar-refractivity contribution in [1.82, 2.24) is 5.32 Å². The van der Waals surface area contributed by atoms with E-state index in [2.05, 4.69) is 36.5 Å². The smallest absolute Gasteiger partial charge is 0.336 e. The van der Waals surface area contributed by atoms with Crippen LogP contribution in [0.25, 0.3) is 16.3 Å². The Morgan fingerprint density at radius 3 is 2.38 bits per heavy atom. The molecule has 0 aliphatic rings. The second-order valence-electron chi connectivity index (χ2n) is 10.2. The van der Waals surface area contributed by atoms with Crippen molar-refractivity contribution in [3.05, 3.63) is 137 Å². The van der Waals surface area contributed by atoms with E-state index in [4.69, 9.17) is 9.15 Å². The highest BCUT2D eigenvalue weighted by Gasteiger charge is 2.19. The van der Waals surface area contributed by atoms with Crippen molar-refractivity contribution < 1.29 is 19.1 Å². The average molecular weight is 562 g/mol. The number of hydrogen-bond acceptors (Lipinski definition) is 4. The maximum absolute atomic E-state index is 12.6. The lowest BCUT2D eigenvalue weighted by atomic mass is 9.93. The predicted molar refractivity (Wildman–Crippen MR) is 171 cm³/mol. The SMILES string of the molecule is CC/C=C(/C=C(C(=O)O)\C(C(\C)=C/CCC)=C(/C)NCc1ccc(Oc2cccc3ccccc23)cc1)c1ccco1. The second kappa shape index (κ2) is 14.7. The summed E-state index contributed by atoms with van der Waals surface area (Å²) >= 11 is 0. The fourth-order valence-corrected chi connectivity index (χ4v) is 4.87. The number of hydrogen-bond donors (Lipinski definition) is 2. The molecular formula is C37H39NO4. The molecule has 0 aliphatic heterocycles. The van der Waals surface area contributed by atoms with E-state index in [0.29, 0.717) is 17.9 Å². The van der Waals surface area contributed by atoms with Gasteiger partial charge in [0.1, 0.15) is 17.3 Å². The Bertz CT molecular complexity index is 1610. The molecule has 5 heteroatoms. The Kier molecular flexibility index (Phi) is 10.6. The van der Waals surface area contributed by atoms with Gasteiger partial charge in [-0.1, -0.05) is 81.0 Å². The maximum Gasteiger partial charge on any atom is 0.336 e. The van der Waals surface area contributed by atoms with Gasteiger partial charge in [0, 0.05) is 28.8 Å². The molecule has 42 heavy (non-hydrogen) atoms. The molecule has 1 heterocycles. The number of nitrogens with one attached hydrogen (secondary N) is 1. The summed E-state index contributed by atoms with van der Waals surface area (Å²) in [6.45, 7) is 8.57. The highest BCUT2D eigenvalue weighted by Crippen LogP contribution is 2.31. The third kappa shape index (κ3) is 7.70. The number of carboxylic acids is 1. The number of carbonyl (C=O) groups is 1. The zero-order valence-electron chi connectivity index (χ0n) is 24.8. The van der Waals surface area contributed by atoms with Crippen molar-refractivity contribution in [2.24, 2.45) is 0 Å². The topological polar surface area (TPSA) is 71.7 Å². The molecule has 216 valence electrons. The van der Waals surface area contributed by atoms with E-state index in [9.17, 15) is 9.90 Å². The summed E-state index contributed by atoms with van der Waals surface area (Å²) in [5, 5.41) is 16.0. The number of rotatable bonds is 13. The molecule has 0 unspecified atom stereocenters. The van der Waals surface area contributed by atoms with Gasteiger partial charge in [0.25, 0.3) is 0 Å². The Labute approximate surface area is 248 Å². The molecule has 5 nitrogen and oxygen atoms in total. The van der Waals surface area contributed by atoms with Gasteiger partial charge in [-0.3, -0.25) is 0 Å². The third-order valence-electron chi connectivity index (χ3n) is 7.00. The zero-order valence-corrected chi connectivity index (χ0v) is 24.8. The molecule has 3 aromatic carbocycles. The number of allylic oxidation sites excluding steroid dienone is 6. The van der Waals surface area contributed by atoms with Crippen LogP contribution < -0.4 is 10.1 Å². The molecule has 1 aromatic heterocycles. The summed E-state index contributed by atoms with van der Waals surface area (Å²) < 4.78 is 11.8. The Hall–Kier alpha value is -4.77. The molecule has 0 amide bonds.